The van der Waals surface area contributed by atoms with E-state index >= 15 is 0 Å². The summed E-state index contributed by atoms with van der Waals surface area (Å²) in [5.41, 5.74) is 0.739. The van der Waals surface area contributed by atoms with Gasteiger partial charge in [-0.2, -0.15) is 0 Å². The molecule has 2 atom stereocenters. The van der Waals surface area contributed by atoms with Crippen LogP contribution in [0.4, 0.5) is 5.82 Å². The molecule has 26 heavy (non-hydrogen) atoms. The van der Waals surface area contributed by atoms with Crippen LogP contribution in [0.5, 0.6) is 0 Å². The highest BCUT2D eigenvalue weighted by molar-refractivity contribution is 5.94. The Morgan fingerprint density at radius 1 is 1.08 bits per heavy atom. The SMILES string of the molecule is CC1CCN(c2ccc(C(=O)N3C4CCNCC3CC4)cn2)CC1.Cl.Cl. The van der Waals surface area contributed by atoms with E-state index in [0.717, 1.165) is 62.7 Å². The monoisotopic (exact) mass is 400 g/mol. The third-order valence-electron chi connectivity index (χ3n) is 5.99. The van der Waals surface area contributed by atoms with Gasteiger partial charge in [0, 0.05) is 37.9 Å². The average Bonchev–Trinajstić information content (AvgIpc) is 2.88. The Balaban J connectivity index is 0.00000121. The summed E-state index contributed by atoms with van der Waals surface area (Å²) in [6.07, 6.45) is 7.59. The molecule has 1 amide bonds. The van der Waals surface area contributed by atoms with E-state index in [-0.39, 0.29) is 30.7 Å². The highest BCUT2D eigenvalue weighted by atomic mass is 35.5. The molecule has 1 aromatic heterocycles. The number of hydrogen-bond donors (Lipinski definition) is 1. The molecule has 146 valence electrons. The topological polar surface area (TPSA) is 48.5 Å². The second-order valence-electron chi connectivity index (χ2n) is 7.66. The minimum atomic E-state index is 0. The van der Waals surface area contributed by atoms with E-state index in [1.807, 2.05) is 12.1 Å². The summed E-state index contributed by atoms with van der Waals surface area (Å²) in [7, 11) is 0. The van der Waals surface area contributed by atoms with Gasteiger partial charge in [0.25, 0.3) is 5.91 Å². The van der Waals surface area contributed by atoms with Gasteiger partial charge in [-0.05, 0) is 56.7 Å². The van der Waals surface area contributed by atoms with Gasteiger partial charge in [0.2, 0.25) is 0 Å². The maximum atomic E-state index is 13.0. The number of carbonyl (C=O) groups is 1. The van der Waals surface area contributed by atoms with Crippen molar-refractivity contribution < 1.29 is 4.79 Å². The van der Waals surface area contributed by atoms with E-state index in [4.69, 9.17) is 0 Å². The van der Waals surface area contributed by atoms with E-state index in [2.05, 4.69) is 27.0 Å². The van der Waals surface area contributed by atoms with Crippen molar-refractivity contribution in [2.24, 2.45) is 5.92 Å². The predicted molar refractivity (Wildman–Crippen MR) is 110 cm³/mol. The lowest BCUT2D eigenvalue weighted by Crippen LogP contribution is -2.42. The number of nitrogens with one attached hydrogen (secondary N) is 1. The molecule has 0 radical (unpaired) electrons. The molecule has 1 N–H and O–H groups in total. The number of rotatable bonds is 2. The van der Waals surface area contributed by atoms with Crippen molar-refractivity contribution in [2.75, 3.05) is 31.1 Å². The number of nitrogens with zero attached hydrogens (tertiary/aromatic N) is 3. The van der Waals surface area contributed by atoms with Crippen LogP contribution >= 0.6 is 24.8 Å². The lowest BCUT2D eigenvalue weighted by Gasteiger charge is -2.31. The highest BCUT2D eigenvalue weighted by Gasteiger charge is 2.38. The smallest absolute Gasteiger partial charge is 0.255 e. The highest BCUT2D eigenvalue weighted by Crippen LogP contribution is 2.30. The van der Waals surface area contributed by atoms with Crippen LogP contribution in [0.2, 0.25) is 0 Å². The largest absolute Gasteiger partial charge is 0.357 e. The quantitative estimate of drug-likeness (QED) is 0.827. The molecule has 3 aliphatic heterocycles. The molecule has 0 saturated carbocycles. The van der Waals surface area contributed by atoms with Crippen molar-refractivity contribution in [3.05, 3.63) is 23.9 Å². The predicted octanol–water partition coefficient (Wildman–Crippen LogP) is 3.13. The zero-order valence-corrected chi connectivity index (χ0v) is 17.0. The van der Waals surface area contributed by atoms with Crippen molar-refractivity contribution in [1.29, 1.82) is 0 Å². The van der Waals surface area contributed by atoms with Gasteiger partial charge in [-0.1, -0.05) is 6.92 Å². The van der Waals surface area contributed by atoms with Crippen molar-refractivity contribution in [3.63, 3.8) is 0 Å². The van der Waals surface area contributed by atoms with Crippen molar-refractivity contribution in [3.8, 4) is 0 Å². The number of hydrogen-bond acceptors (Lipinski definition) is 4. The van der Waals surface area contributed by atoms with E-state index in [0.29, 0.717) is 12.1 Å². The first kappa shape index (κ1) is 21.3. The van der Waals surface area contributed by atoms with Crippen LogP contribution < -0.4 is 10.2 Å². The minimum Gasteiger partial charge on any atom is -0.357 e. The summed E-state index contributed by atoms with van der Waals surface area (Å²) >= 11 is 0. The van der Waals surface area contributed by atoms with Crippen LogP contribution in [0.1, 0.15) is 49.4 Å². The summed E-state index contributed by atoms with van der Waals surface area (Å²) in [6, 6.07) is 4.76. The number of fused-ring (bicyclic) bond motifs is 2. The lowest BCUT2D eigenvalue weighted by molar-refractivity contribution is 0.0680. The maximum Gasteiger partial charge on any atom is 0.255 e. The van der Waals surface area contributed by atoms with Gasteiger partial charge in [0.15, 0.2) is 0 Å². The fourth-order valence-corrected chi connectivity index (χ4v) is 4.40. The van der Waals surface area contributed by atoms with Crippen LogP contribution in [0.15, 0.2) is 18.3 Å². The lowest BCUT2D eigenvalue weighted by atomic mass is 9.99. The first-order valence-corrected chi connectivity index (χ1v) is 9.47. The van der Waals surface area contributed by atoms with Crippen LogP contribution in [-0.4, -0.2) is 54.1 Å². The molecule has 0 spiro atoms. The van der Waals surface area contributed by atoms with Crippen LogP contribution in [0.25, 0.3) is 0 Å². The average molecular weight is 401 g/mol. The molecule has 7 heteroatoms. The Kier molecular flexibility index (Phi) is 7.56. The number of aromatic nitrogens is 1. The standard InChI is InChI=1S/C19H28N4O.2ClH/c1-14-7-10-22(11-8-14)18-5-2-15(12-21-18)19(24)23-16-3-4-17(23)13-20-9-6-16;;/h2,5,12,14,16-17,20H,3-4,6-11,13H2,1H3;2*1H. The Hall–Kier alpha value is -1.04. The maximum absolute atomic E-state index is 13.0. The van der Waals surface area contributed by atoms with E-state index in [1.54, 1.807) is 6.20 Å². The molecule has 0 aromatic carbocycles. The molecule has 3 saturated heterocycles. The van der Waals surface area contributed by atoms with Crippen LogP contribution in [0, 0.1) is 5.92 Å². The first-order valence-electron chi connectivity index (χ1n) is 9.47. The molecule has 0 aliphatic carbocycles. The Bertz CT molecular complexity index is 576. The molecular weight excluding hydrogens is 371 g/mol. The van der Waals surface area contributed by atoms with E-state index in [9.17, 15) is 4.79 Å². The van der Waals surface area contributed by atoms with Crippen LogP contribution in [0.3, 0.4) is 0 Å². The third-order valence-corrected chi connectivity index (χ3v) is 5.99. The molecular formula is C19H30Cl2N4O. The fraction of sp³-hybridized carbons (Fsp3) is 0.684. The van der Waals surface area contributed by atoms with Crippen molar-refractivity contribution in [1.82, 2.24) is 15.2 Å². The molecule has 1 aromatic rings. The van der Waals surface area contributed by atoms with Gasteiger partial charge in [-0.25, -0.2) is 4.98 Å². The second kappa shape index (κ2) is 9.25. The van der Waals surface area contributed by atoms with Gasteiger partial charge >= 0.3 is 0 Å². The molecule has 2 bridgehead atoms. The molecule has 3 aliphatic rings. The van der Waals surface area contributed by atoms with Gasteiger partial charge in [-0.15, -0.1) is 24.8 Å². The zero-order valence-electron chi connectivity index (χ0n) is 15.4. The Morgan fingerprint density at radius 2 is 1.81 bits per heavy atom. The van der Waals surface area contributed by atoms with Crippen molar-refractivity contribution >= 4 is 36.5 Å². The number of amides is 1. The van der Waals surface area contributed by atoms with Crippen LogP contribution in [-0.2, 0) is 0 Å². The fourth-order valence-electron chi connectivity index (χ4n) is 4.40. The molecule has 5 nitrogen and oxygen atoms in total. The first-order chi connectivity index (χ1) is 11.7. The summed E-state index contributed by atoms with van der Waals surface area (Å²) in [5.74, 6) is 1.99. The molecule has 2 unspecified atom stereocenters. The Labute approximate surface area is 168 Å². The normalized spacial score (nSPS) is 25.9. The number of anilines is 1. The van der Waals surface area contributed by atoms with Crippen molar-refractivity contribution in [2.45, 2.75) is 51.1 Å². The second-order valence-corrected chi connectivity index (χ2v) is 7.66. The molecule has 4 heterocycles. The summed E-state index contributed by atoms with van der Waals surface area (Å²) in [5, 5.41) is 3.45. The number of halogens is 2. The molecule has 4 rings (SSSR count). The Morgan fingerprint density at radius 3 is 2.50 bits per heavy atom. The van der Waals surface area contributed by atoms with Gasteiger partial charge < -0.3 is 15.1 Å². The van der Waals surface area contributed by atoms with Gasteiger partial charge in [0.1, 0.15) is 5.82 Å². The zero-order chi connectivity index (χ0) is 16.5. The number of carbonyl (C=O) groups excluding carboxylic acids is 1. The van der Waals surface area contributed by atoms with E-state index in [1.165, 1.54) is 12.8 Å². The summed E-state index contributed by atoms with van der Waals surface area (Å²) in [4.78, 5) is 22.1. The summed E-state index contributed by atoms with van der Waals surface area (Å²) < 4.78 is 0. The van der Waals surface area contributed by atoms with Gasteiger partial charge in [-0.3, -0.25) is 4.79 Å². The minimum absolute atomic E-state index is 0. The number of piperidine rings is 1. The third kappa shape index (κ3) is 4.26. The summed E-state index contributed by atoms with van der Waals surface area (Å²) in [6.45, 7) is 6.42. The number of pyridine rings is 1. The molecule has 3 fully saturated rings. The van der Waals surface area contributed by atoms with Gasteiger partial charge in [0.05, 0.1) is 5.56 Å². The van der Waals surface area contributed by atoms with E-state index < -0.39 is 0 Å².